The fourth-order valence-electron chi connectivity index (χ4n) is 3.36. The Labute approximate surface area is 187 Å². The Bertz CT molecular complexity index is 1000. The third-order valence-electron chi connectivity index (χ3n) is 4.99. The average Bonchev–Trinajstić information content (AvgIpc) is 3.07. The van der Waals surface area contributed by atoms with Crippen LogP contribution >= 0.6 is 11.6 Å². The molecule has 1 fully saturated rings. The van der Waals surface area contributed by atoms with Crippen molar-refractivity contribution >= 4 is 27.6 Å². The molecule has 1 aliphatic rings. The summed E-state index contributed by atoms with van der Waals surface area (Å²) in [5.41, 5.74) is 0.131. The smallest absolute Gasteiger partial charge is 0.338 e. The normalized spacial score (nSPS) is 15.2. The van der Waals surface area contributed by atoms with Gasteiger partial charge < -0.3 is 14.2 Å². The fraction of sp³-hybridized carbons (Fsp3) is 0.409. The highest BCUT2D eigenvalue weighted by atomic mass is 35.5. The van der Waals surface area contributed by atoms with Crippen LogP contribution in [0, 0.1) is 0 Å². The van der Waals surface area contributed by atoms with Gasteiger partial charge in [0.05, 0.1) is 17.7 Å². The largest absolute Gasteiger partial charge is 0.495 e. The number of benzene rings is 2. The molecule has 1 saturated heterocycles. The second-order valence-electron chi connectivity index (χ2n) is 7.10. The SMILES string of the molecule is COc1ccc(C(=O)OCCOc2ccccc2Cl)cc1S(=O)(=O)N1CCCCCC1. The van der Waals surface area contributed by atoms with Gasteiger partial charge >= 0.3 is 5.97 Å². The van der Waals surface area contributed by atoms with Crippen molar-refractivity contribution in [2.24, 2.45) is 0 Å². The third-order valence-corrected chi connectivity index (χ3v) is 7.22. The number of para-hydroxylation sites is 1. The Morgan fingerprint density at radius 1 is 1.00 bits per heavy atom. The molecule has 0 bridgehead atoms. The summed E-state index contributed by atoms with van der Waals surface area (Å²) in [6, 6.07) is 11.3. The first-order valence-electron chi connectivity index (χ1n) is 10.2. The standard InChI is InChI=1S/C22H26ClNO6S/c1-28-20-11-10-17(16-21(20)31(26,27)24-12-6-2-3-7-13-24)22(25)30-15-14-29-19-9-5-4-8-18(19)23/h4-5,8-11,16H,2-3,6-7,12-15H2,1H3. The Hall–Kier alpha value is -2.29. The Morgan fingerprint density at radius 2 is 1.71 bits per heavy atom. The fourth-order valence-corrected chi connectivity index (χ4v) is 5.25. The maximum absolute atomic E-state index is 13.2. The predicted octanol–water partition coefficient (Wildman–Crippen LogP) is 4.15. The highest BCUT2D eigenvalue weighted by Gasteiger charge is 2.29. The van der Waals surface area contributed by atoms with Crippen LogP contribution in [0.4, 0.5) is 0 Å². The van der Waals surface area contributed by atoms with Gasteiger partial charge in [0.15, 0.2) is 0 Å². The van der Waals surface area contributed by atoms with E-state index in [2.05, 4.69) is 0 Å². The number of rotatable bonds is 8. The van der Waals surface area contributed by atoms with Crippen LogP contribution in [0.5, 0.6) is 11.5 Å². The van der Waals surface area contributed by atoms with Gasteiger partial charge in [-0.2, -0.15) is 4.31 Å². The molecule has 0 aliphatic carbocycles. The summed E-state index contributed by atoms with van der Waals surface area (Å²) >= 11 is 6.02. The van der Waals surface area contributed by atoms with E-state index in [-0.39, 0.29) is 29.4 Å². The van der Waals surface area contributed by atoms with E-state index in [0.717, 1.165) is 25.7 Å². The molecule has 168 valence electrons. The molecule has 9 heteroatoms. The summed E-state index contributed by atoms with van der Waals surface area (Å²) in [5, 5.41) is 0.465. The molecule has 1 heterocycles. The number of sulfonamides is 1. The van der Waals surface area contributed by atoms with Crippen molar-refractivity contribution in [3.05, 3.63) is 53.1 Å². The zero-order chi connectivity index (χ0) is 22.3. The van der Waals surface area contributed by atoms with E-state index >= 15 is 0 Å². The molecule has 7 nitrogen and oxygen atoms in total. The number of methoxy groups -OCH3 is 1. The minimum Gasteiger partial charge on any atom is -0.495 e. The first-order valence-corrected chi connectivity index (χ1v) is 12.0. The van der Waals surface area contributed by atoms with Crippen molar-refractivity contribution < 1.29 is 27.4 Å². The first kappa shape index (κ1) is 23.4. The van der Waals surface area contributed by atoms with E-state index in [9.17, 15) is 13.2 Å². The number of hydrogen-bond donors (Lipinski definition) is 0. The second-order valence-corrected chi connectivity index (χ2v) is 9.41. The van der Waals surface area contributed by atoms with E-state index in [0.29, 0.717) is 23.9 Å². The summed E-state index contributed by atoms with van der Waals surface area (Å²) < 4.78 is 43.9. The van der Waals surface area contributed by atoms with Gasteiger partial charge in [0, 0.05) is 13.1 Å². The lowest BCUT2D eigenvalue weighted by atomic mass is 10.2. The van der Waals surface area contributed by atoms with E-state index in [1.807, 2.05) is 0 Å². The summed E-state index contributed by atoms with van der Waals surface area (Å²) in [4.78, 5) is 12.5. The van der Waals surface area contributed by atoms with Crippen molar-refractivity contribution in [3.8, 4) is 11.5 Å². The molecule has 0 saturated carbocycles. The molecular weight excluding hydrogens is 442 g/mol. The molecule has 0 radical (unpaired) electrons. The third kappa shape index (κ3) is 5.90. The van der Waals surface area contributed by atoms with Crippen LogP contribution in [-0.2, 0) is 14.8 Å². The minimum absolute atomic E-state index is 0.00963. The van der Waals surface area contributed by atoms with Gasteiger partial charge in [0.1, 0.15) is 29.6 Å². The van der Waals surface area contributed by atoms with Crippen LogP contribution < -0.4 is 9.47 Å². The van der Waals surface area contributed by atoms with Crippen molar-refractivity contribution in [1.82, 2.24) is 4.31 Å². The zero-order valence-electron chi connectivity index (χ0n) is 17.4. The predicted molar refractivity (Wildman–Crippen MR) is 117 cm³/mol. The lowest BCUT2D eigenvalue weighted by Crippen LogP contribution is -2.32. The molecule has 1 aliphatic heterocycles. The number of nitrogens with zero attached hydrogens (tertiary/aromatic N) is 1. The summed E-state index contributed by atoms with van der Waals surface area (Å²) in [7, 11) is -2.39. The van der Waals surface area contributed by atoms with Gasteiger partial charge in [-0.15, -0.1) is 0 Å². The highest BCUT2D eigenvalue weighted by Crippen LogP contribution is 2.29. The Morgan fingerprint density at radius 3 is 2.39 bits per heavy atom. The highest BCUT2D eigenvalue weighted by molar-refractivity contribution is 7.89. The molecular formula is C22H26ClNO6S. The van der Waals surface area contributed by atoms with Crippen LogP contribution in [0.3, 0.4) is 0 Å². The number of carbonyl (C=O) groups is 1. The Balaban J connectivity index is 1.69. The second kappa shape index (κ2) is 10.8. The van der Waals surface area contributed by atoms with Crippen LogP contribution in [0.15, 0.2) is 47.4 Å². The van der Waals surface area contributed by atoms with Gasteiger partial charge in [-0.3, -0.25) is 0 Å². The van der Waals surface area contributed by atoms with Gasteiger partial charge in [-0.25, -0.2) is 13.2 Å². The van der Waals surface area contributed by atoms with Crippen molar-refractivity contribution in [2.75, 3.05) is 33.4 Å². The quantitative estimate of drug-likeness (QED) is 0.428. The van der Waals surface area contributed by atoms with E-state index in [1.165, 1.54) is 29.6 Å². The van der Waals surface area contributed by atoms with Crippen molar-refractivity contribution in [2.45, 2.75) is 30.6 Å². The summed E-state index contributed by atoms with van der Waals surface area (Å²) in [6.07, 6.45) is 3.64. The maximum atomic E-state index is 13.2. The van der Waals surface area contributed by atoms with Gasteiger partial charge in [-0.1, -0.05) is 36.6 Å². The van der Waals surface area contributed by atoms with Crippen LogP contribution in [0.1, 0.15) is 36.0 Å². The van der Waals surface area contributed by atoms with Crippen LogP contribution in [0.2, 0.25) is 5.02 Å². The molecule has 0 aromatic heterocycles. The number of esters is 1. The number of hydrogen-bond acceptors (Lipinski definition) is 6. The molecule has 2 aromatic rings. The van der Waals surface area contributed by atoms with E-state index in [4.69, 9.17) is 25.8 Å². The Kier molecular flexibility index (Phi) is 8.17. The molecule has 0 amide bonds. The van der Waals surface area contributed by atoms with Gasteiger partial charge in [0.25, 0.3) is 0 Å². The van der Waals surface area contributed by atoms with Crippen molar-refractivity contribution in [1.29, 1.82) is 0 Å². The molecule has 31 heavy (non-hydrogen) atoms. The van der Waals surface area contributed by atoms with Crippen LogP contribution in [-0.4, -0.2) is 52.1 Å². The summed E-state index contributed by atoms with van der Waals surface area (Å²) in [6.45, 7) is 1.02. The topological polar surface area (TPSA) is 82.1 Å². The van der Waals surface area contributed by atoms with Gasteiger partial charge in [0.2, 0.25) is 10.0 Å². The lowest BCUT2D eigenvalue weighted by molar-refractivity contribution is 0.0450. The molecule has 0 spiro atoms. The molecule has 0 N–H and O–H groups in total. The molecule has 0 atom stereocenters. The zero-order valence-corrected chi connectivity index (χ0v) is 19.0. The maximum Gasteiger partial charge on any atom is 0.338 e. The van der Waals surface area contributed by atoms with Crippen molar-refractivity contribution in [3.63, 3.8) is 0 Å². The lowest BCUT2D eigenvalue weighted by Gasteiger charge is -2.21. The summed E-state index contributed by atoms with van der Waals surface area (Å²) in [5.74, 6) is 0.0519. The number of halogens is 1. The number of carbonyl (C=O) groups excluding carboxylic acids is 1. The van der Waals surface area contributed by atoms with E-state index in [1.54, 1.807) is 24.3 Å². The molecule has 3 rings (SSSR count). The molecule has 2 aromatic carbocycles. The minimum atomic E-state index is -3.79. The first-order chi connectivity index (χ1) is 14.9. The average molecular weight is 468 g/mol. The van der Waals surface area contributed by atoms with Gasteiger partial charge in [-0.05, 0) is 43.2 Å². The monoisotopic (exact) mass is 467 g/mol. The van der Waals surface area contributed by atoms with Crippen LogP contribution in [0.25, 0.3) is 0 Å². The number of ether oxygens (including phenoxy) is 3. The van der Waals surface area contributed by atoms with E-state index < -0.39 is 16.0 Å². The molecule has 0 unspecified atom stereocenters.